The van der Waals surface area contributed by atoms with Crippen molar-refractivity contribution in [3.05, 3.63) is 23.8 Å². The van der Waals surface area contributed by atoms with E-state index in [4.69, 9.17) is 11.5 Å². The average Bonchev–Trinajstić information content (AvgIpc) is 2.45. The lowest BCUT2D eigenvalue weighted by Crippen LogP contribution is -2.49. The molecule has 2 aliphatic rings. The monoisotopic (exact) mass is 273 g/mol. The Labute approximate surface area is 120 Å². The van der Waals surface area contributed by atoms with Crippen molar-refractivity contribution >= 4 is 17.3 Å². The van der Waals surface area contributed by atoms with Gasteiger partial charge in [0, 0.05) is 29.5 Å². The van der Waals surface area contributed by atoms with Gasteiger partial charge in [0.1, 0.15) is 0 Å². The summed E-state index contributed by atoms with van der Waals surface area (Å²) in [7, 11) is 0. The second-order valence-electron chi connectivity index (χ2n) is 6.14. The lowest BCUT2D eigenvalue weighted by Gasteiger charge is -2.44. The summed E-state index contributed by atoms with van der Waals surface area (Å²) in [5, 5.41) is 0. The quantitative estimate of drug-likeness (QED) is 0.773. The molecule has 0 aromatic heterocycles. The van der Waals surface area contributed by atoms with Crippen LogP contribution < -0.4 is 11.5 Å². The number of hydrogen-bond donors (Lipinski definition) is 2. The molecular weight excluding hydrogens is 250 g/mol. The molecule has 1 amide bonds. The molecule has 1 heterocycles. The number of nitrogens with two attached hydrogens (primary N) is 2. The summed E-state index contributed by atoms with van der Waals surface area (Å²) in [6.07, 6.45) is 7.36. The normalized spacial score (nSPS) is 26.1. The zero-order valence-corrected chi connectivity index (χ0v) is 11.8. The molecule has 4 N–H and O–H groups in total. The van der Waals surface area contributed by atoms with Gasteiger partial charge >= 0.3 is 0 Å². The third kappa shape index (κ3) is 2.47. The SMILES string of the molecule is Nc1cc(N)cc(C(=O)N2CCC[C@H]3CCCC[C@H]32)c1. The van der Waals surface area contributed by atoms with Gasteiger partial charge in [-0.15, -0.1) is 0 Å². The molecule has 1 saturated heterocycles. The van der Waals surface area contributed by atoms with Crippen LogP contribution in [0.1, 0.15) is 48.9 Å². The predicted molar refractivity (Wildman–Crippen MR) is 81.3 cm³/mol. The van der Waals surface area contributed by atoms with Crippen molar-refractivity contribution in [3.8, 4) is 0 Å². The molecule has 0 unspecified atom stereocenters. The molecule has 2 fully saturated rings. The molecule has 108 valence electrons. The maximum atomic E-state index is 12.8. The molecule has 1 saturated carbocycles. The van der Waals surface area contributed by atoms with Gasteiger partial charge in [0.15, 0.2) is 0 Å². The number of fused-ring (bicyclic) bond motifs is 1. The van der Waals surface area contributed by atoms with E-state index in [1.165, 1.54) is 25.7 Å². The fraction of sp³-hybridized carbons (Fsp3) is 0.562. The van der Waals surface area contributed by atoms with Crippen molar-refractivity contribution in [2.45, 2.75) is 44.6 Å². The third-order valence-electron chi connectivity index (χ3n) is 4.73. The largest absolute Gasteiger partial charge is 0.399 e. The van der Waals surface area contributed by atoms with E-state index in [1.807, 2.05) is 0 Å². The van der Waals surface area contributed by atoms with Crippen molar-refractivity contribution in [1.29, 1.82) is 0 Å². The molecule has 0 bridgehead atoms. The maximum Gasteiger partial charge on any atom is 0.254 e. The number of nitrogen functional groups attached to an aromatic ring is 2. The summed E-state index contributed by atoms with van der Waals surface area (Å²) >= 11 is 0. The van der Waals surface area contributed by atoms with Crippen molar-refractivity contribution in [3.63, 3.8) is 0 Å². The highest BCUT2D eigenvalue weighted by Crippen LogP contribution is 2.36. The van der Waals surface area contributed by atoms with Crippen LogP contribution in [-0.4, -0.2) is 23.4 Å². The Balaban J connectivity index is 1.84. The molecule has 4 nitrogen and oxygen atoms in total. The Bertz CT molecular complexity index is 492. The van der Waals surface area contributed by atoms with Crippen LogP contribution in [0.3, 0.4) is 0 Å². The third-order valence-corrected chi connectivity index (χ3v) is 4.73. The zero-order valence-electron chi connectivity index (χ0n) is 11.8. The molecule has 20 heavy (non-hydrogen) atoms. The number of rotatable bonds is 1. The molecule has 1 aliphatic carbocycles. The second-order valence-corrected chi connectivity index (χ2v) is 6.14. The number of amides is 1. The number of carbonyl (C=O) groups excluding carboxylic acids is 1. The highest BCUT2D eigenvalue weighted by atomic mass is 16.2. The van der Waals surface area contributed by atoms with Gasteiger partial charge in [-0.1, -0.05) is 12.8 Å². The number of anilines is 2. The smallest absolute Gasteiger partial charge is 0.254 e. The maximum absolute atomic E-state index is 12.8. The van der Waals surface area contributed by atoms with E-state index in [0.29, 0.717) is 28.9 Å². The van der Waals surface area contributed by atoms with Gasteiger partial charge < -0.3 is 16.4 Å². The molecule has 4 heteroatoms. The lowest BCUT2D eigenvalue weighted by atomic mass is 9.78. The van der Waals surface area contributed by atoms with E-state index in [0.717, 1.165) is 19.4 Å². The summed E-state index contributed by atoms with van der Waals surface area (Å²) in [5.41, 5.74) is 13.4. The zero-order chi connectivity index (χ0) is 14.1. The lowest BCUT2D eigenvalue weighted by molar-refractivity contribution is 0.0391. The number of nitrogens with zero attached hydrogens (tertiary/aromatic N) is 1. The van der Waals surface area contributed by atoms with Gasteiger partial charge in [-0.3, -0.25) is 4.79 Å². The van der Waals surface area contributed by atoms with Crippen molar-refractivity contribution in [2.75, 3.05) is 18.0 Å². The Morgan fingerprint density at radius 1 is 1.00 bits per heavy atom. The Morgan fingerprint density at radius 3 is 2.40 bits per heavy atom. The minimum absolute atomic E-state index is 0.0978. The minimum Gasteiger partial charge on any atom is -0.399 e. The van der Waals surface area contributed by atoms with Crippen molar-refractivity contribution < 1.29 is 4.79 Å². The van der Waals surface area contributed by atoms with Crippen LogP contribution >= 0.6 is 0 Å². The summed E-state index contributed by atoms with van der Waals surface area (Å²) in [5.74, 6) is 0.792. The number of benzene rings is 1. The summed E-state index contributed by atoms with van der Waals surface area (Å²) in [6, 6.07) is 5.60. The molecule has 0 spiro atoms. The number of carbonyl (C=O) groups is 1. The Hall–Kier alpha value is -1.71. The van der Waals surface area contributed by atoms with Crippen LogP contribution in [0.2, 0.25) is 0 Å². The van der Waals surface area contributed by atoms with Gasteiger partial charge in [0.25, 0.3) is 5.91 Å². The highest BCUT2D eigenvalue weighted by Gasteiger charge is 2.35. The van der Waals surface area contributed by atoms with Gasteiger partial charge in [0.05, 0.1) is 0 Å². The van der Waals surface area contributed by atoms with Crippen molar-refractivity contribution in [1.82, 2.24) is 4.90 Å². The number of hydrogen-bond acceptors (Lipinski definition) is 3. The fourth-order valence-electron chi connectivity index (χ4n) is 3.84. The van der Waals surface area contributed by atoms with Crippen LogP contribution in [-0.2, 0) is 0 Å². The van der Waals surface area contributed by atoms with Gasteiger partial charge in [-0.05, 0) is 49.8 Å². The Morgan fingerprint density at radius 2 is 1.65 bits per heavy atom. The standard InChI is InChI=1S/C16H23N3O/c17-13-8-12(9-14(18)10-13)16(20)19-7-3-5-11-4-1-2-6-15(11)19/h8-11,15H,1-7,17-18H2/t11-,15-/m1/s1. The number of likely N-dealkylation sites (tertiary alicyclic amines) is 1. The van der Waals surface area contributed by atoms with Crippen molar-refractivity contribution in [2.24, 2.45) is 5.92 Å². The van der Waals surface area contributed by atoms with Crippen LogP contribution in [0.5, 0.6) is 0 Å². The van der Waals surface area contributed by atoms with E-state index in [1.54, 1.807) is 18.2 Å². The fourth-order valence-corrected chi connectivity index (χ4v) is 3.84. The molecule has 1 aromatic carbocycles. The van der Waals surface area contributed by atoms with Crippen LogP contribution in [0.4, 0.5) is 11.4 Å². The first-order valence-corrected chi connectivity index (χ1v) is 7.62. The van der Waals surface area contributed by atoms with E-state index >= 15 is 0 Å². The first-order valence-electron chi connectivity index (χ1n) is 7.62. The van der Waals surface area contributed by atoms with E-state index in [-0.39, 0.29) is 5.91 Å². The van der Waals surface area contributed by atoms with Gasteiger partial charge in [-0.25, -0.2) is 0 Å². The second kappa shape index (κ2) is 5.35. The molecule has 3 rings (SSSR count). The highest BCUT2D eigenvalue weighted by molar-refractivity contribution is 5.96. The summed E-state index contributed by atoms with van der Waals surface area (Å²) in [6.45, 7) is 0.870. The Kier molecular flexibility index (Phi) is 3.55. The van der Waals surface area contributed by atoms with Crippen LogP contribution in [0.25, 0.3) is 0 Å². The van der Waals surface area contributed by atoms with Crippen LogP contribution in [0.15, 0.2) is 18.2 Å². The first kappa shape index (κ1) is 13.3. The first-order chi connectivity index (χ1) is 9.65. The molecule has 0 radical (unpaired) electrons. The van der Waals surface area contributed by atoms with E-state index < -0.39 is 0 Å². The van der Waals surface area contributed by atoms with Crippen LogP contribution in [0, 0.1) is 5.92 Å². The molecule has 2 atom stereocenters. The minimum atomic E-state index is 0.0978. The summed E-state index contributed by atoms with van der Waals surface area (Å²) in [4.78, 5) is 14.8. The molecular formula is C16H23N3O. The topological polar surface area (TPSA) is 72.3 Å². The van der Waals surface area contributed by atoms with Gasteiger partial charge in [-0.2, -0.15) is 0 Å². The molecule has 1 aliphatic heterocycles. The molecule has 1 aromatic rings. The average molecular weight is 273 g/mol. The van der Waals surface area contributed by atoms with Gasteiger partial charge in [0.2, 0.25) is 0 Å². The van der Waals surface area contributed by atoms with E-state index in [9.17, 15) is 4.79 Å². The number of piperidine rings is 1. The summed E-state index contributed by atoms with van der Waals surface area (Å²) < 4.78 is 0. The van der Waals surface area contributed by atoms with E-state index in [2.05, 4.69) is 4.90 Å². The predicted octanol–water partition coefficient (Wildman–Crippen LogP) is 2.65.